The molecule has 1 aromatic carbocycles. The fraction of sp³-hybridized carbons (Fsp3) is 0.176. The number of nitrogens with one attached hydrogen (secondary N) is 2. The highest BCUT2D eigenvalue weighted by atomic mass is 35.5. The SMILES string of the molecule is [2H]C([2H])([2H])C([2H])(C)c1nc(Oc2c(Cl)cc(-n3nc(C#N)c(=O)[nH]c3=O)cc2Cl)c[nH]c1=O. The molecule has 10 nitrogen and oxygen atoms in total. The van der Waals surface area contributed by atoms with Crippen LogP contribution in [0, 0.1) is 11.3 Å². The number of halogens is 2. The van der Waals surface area contributed by atoms with Gasteiger partial charge in [0.25, 0.3) is 11.1 Å². The number of hydrogen-bond donors (Lipinski definition) is 2. The van der Waals surface area contributed by atoms with Gasteiger partial charge in [-0.05, 0) is 12.1 Å². The summed E-state index contributed by atoms with van der Waals surface area (Å²) in [6.07, 6.45) is 1.02. The smallest absolute Gasteiger partial charge is 0.349 e. The fourth-order valence-corrected chi connectivity index (χ4v) is 2.77. The van der Waals surface area contributed by atoms with Gasteiger partial charge in [-0.1, -0.05) is 37.0 Å². The standard InChI is InChI=1S/C17H12Cl2N6O4/c1-7(2)13-16(27)21-6-12(22-13)29-14-9(18)3-8(4-10(14)19)25-17(28)23-15(26)11(5-20)24-25/h3-4,6-7H,1-2H3,(H,21,27)(H,23,26,28)/i1D3,7D. The van der Waals surface area contributed by atoms with Gasteiger partial charge in [-0.3, -0.25) is 14.6 Å². The summed E-state index contributed by atoms with van der Waals surface area (Å²) in [5.41, 5.74) is -4.00. The van der Waals surface area contributed by atoms with Gasteiger partial charge in [0.1, 0.15) is 11.8 Å². The van der Waals surface area contributed by atoms with Crippen molar-refractivity contribution in [3.8, 4) is 23.4 Å². The van der Waals surface area contributed by atoms with Crippen LogP contribution in [0.25, 0.3) is 5.69 Å². The maximum Gasteiger partial charge on any atom is 0.349 e. The largest absolute Gasteiger partial charge is 0.434 e. The number of ether oxygens (including phenoxy) is 1. The zero-order valence-electron chi connectivity index (χ0n) is 18.4. The molecule has 1 unspecified atom stereocenters. The van der Waals surface area contributed by atoms with Crippen molar-refractivity contribution in [3.63, 3.8) is 0 Å². The molecule has 0 fully saturated rings. The van der Waals surface area contributed by atoms with E-state index in [-0.39, 0.29) is 27.4 Å². The van der Waals surface area contributed by atoms with Gasteiger partial charge < -0.3 is 9.72 Å². The molecule has 29 heavy (non-hydrogen) atoms. The first-order valence-electron chi connectivity index (χ1n) is 9.67. The first-order valence-corrected chi connectivity index (χ1v) is 8.43. The molecule has 3 rings (SSSR count). The van der Waals surface area contributed by atoms with Crippen LogP contribution in [0.1, 0.15) is 36.5 Å². The molecule has 148 valence electrons. The number of nitriles is 1. The molecule has 3 aromatic rings. The van der Waals surface area contributed by atoms with E-state index in [2.05, 4.69) is 15.1 Å². The summed E-state index contributed by atoms with van der Waals surface area (Å²) in [4.78, 5) is 43.7. The number of nitrogens with zero attached hydrogens (tertiary/aromatic N) is 4. The lowest BCUT2D eigenvalue weighted by Gasteiger charge is -2.12. The van der Waals surface area contributed by atoms with Crippen molar-refractivity contribution < 1.29 is 10.2 Å². The van der Waals surface area contributed by atoms with Crippen molar-refractivity contribution in [3.05, 3.63) is 71.0 Å². The van der Waals surface area contributed by atoms with Crippen LogP contribution in [0.15, 0.2) is 32.7 Å². The van der Waals surface area contributed by atoms with Crippen molar-refractivity contribution in [1.82, 2.24) is 24.7 Å². The quantitative estimate of drug-likeness (QED) is 0.633. The van der Waals surface area contributed by atoms with Crippen LogP contribution in [0.5, 0.6) is 11.6 Å². The Labute approximate surface area is 177 Å². The van der Waals surface area contributed by atoms with Gasteiger partial charge in [-0.25, -0.2) is 9.78 Å². The highest BCUT2D eigenvalue weighted by Crippen LogP contribution is 2.37. The van der Waals surface area contributed by atoms with Gasteiger partial charge in [0.05, 0.1) is 21.9 Å². The minimum absolute atomic E-state index is 0.00801. The van der Waals surface area contributed by atoms with E-state index in [1.54, 1.807) is 6.07 Å². The van der Waals surface area contributed by atoms with E-state index >= 15 is 0 Å². The second-order valence-corrected chi connectivity index (χ2v) is 6.33. The lowest BCUT2D eigenvalue weighted by atomic mass is 10.1. The predicted octanol–water partition coefficient (Wildman–Crippen LogP) is 2.10. The molecule has 0 saturated carbocycles. The monoisotopic (exact) mass is 438 g/mol. The maximum absolute atomic E-state index is 12.1. The molecule has 0 bridgehead atoms. The van der Waals surface area contributed by atoms with Crippen molar-refractivity contribution in [1.29, 1.82) is 5.26 Å². The topological polar surface area (TPSA) is 147 Å². The van der Waals surface area contributed by atoms with Gasteiger partial charge in [0.15, 0.2) is 5.75 Å². The minimum atomic E-state index is -2.86. The molecule has 0 spiro atoms. The third kappa shape index (κ3) is 4.06. The Hall–Kier alpha value is -3.42. The van der Waals surface area contributed by atoms with E-state index in [0.29, 0.717) is 4.68 Å². The third-order valence-electron chi connectivity index (χ3n) is 3.49. The zero-order chi connectivity index (χ0) is 24.7. The Morgan fingerprint density at radius 3 is 2.62 bits per heavy atom. The molecule has 2 heterocycles. The number of hydrogen-bond acceptors (Lipinski definition) is 7. The van der Waals surface area contributed by atoms with Crippen LogP contribution in [-0.2, 0) is 0 Å². The number of rotatable bonds is 4. The molecule has 0 aliphatic carbocycles. The van der Waals surface area contributed by atoms with Crippen LogP contribution in [0.4, 0.5) is 0 Å². The first-order chi connectivity index (χ1) is 15.3. The van der Waals surface area contributed by atoms with Crippen LogP contribution in [0.3, 0.4) is 0 Å². The van der Waals surface area contributed by atoms with Gasteiger partial charge >= 0.3 is 5.69 Å². The molecule has 0 radical (unpaired) electrons. The van der Waals surface area contributed by atoms with E-state index < -0.39 is 40.9 Å². The van der Waals surface area contributed by atoms with Crippen molar-refractivity contribution in [2.75, 3.05) is 0 Å². The van der Waals surface area contributed by atoms with Crippen molar-refractivity contribution in [2.24, 2.45) is 0 Å². The number of H-pyrrole nitrogens is 2. The zero-order valence-corrected chi connectivity index (χ0v) is 15.9. The van der Waals surface area contributed by atoms with Crippen LogP contribution < -0.4 is 21.5 Å². The van der Waals surface area contributed by atoms with E-state index in [4.69, 9.17) is 38.7 Å². The van der Waals surface area contributed by atoms with Crippen LogP contribution in [0.2, 0.25) is 10.0 Å². The molecule has 12 heteroatoms. The van der Waals surface area contributed by atoms with E-state index in [9.17, 15) is 14.4 Å². The normalized spacial score (nSPS) is 15.2. The molecule has 2 N–H and O–H groups in total. The summed E-state index contributed by atoms with van der Waals surface area (Å²) < 4.78 is 36.7. The second kappa shape index (κ2) is 7.90. The highest BCUT2D eigenvalue weighted by molar-refractivity contribution is 6.37. The maximum atomic E-state index is 12.1. The Morgan fingerprint density at radius 2 is 2.00 bits per heavy atom. The molecular formula is C17H12Cl2N6O4. The van der Waals surface area contributed by atoms with Crippen molar-refractivity contribution >= 4 is 23.2 Å². The number of aromatic amines is 2. The molecule has 0 aliphatic heterocycles. The summed E-state index contributed by atoms with van der Waals surface area (Å²) in [6.45, 7) is -1.84. The fourth-order valence-electron chi connectivity index (χ4n) is 2.21. The summed E-state index contributed by atoms with van der Waals surface area (Å²) in [7, 11) is 0. The lowest BCUT2D eigenvalue weighted by molar-refractivity contribution is 0.455. The van der Waals surface area contributed by atoms with Crippen LogP contribution in [-0.4, -0.2) is 24.7 Å². The Morgan fingerprint density at radius 1 is 1.31 bits per heavy atom. The van der Waals surface area contributed by atoms with Gasteiger partial charge in [0, 0.05) is 11.4 Å². The van der Waals surface area contributed by atoms with E-state index in [1.165, 1.54) is 12.1 Å². The summed E-state index contributed by atoms with van der Waals surface area (Å²) in [5.74, 6) is -2.83. The van der Waals surface area contributed by atoms with E-state index in [0.717, 1.165) is 13.1 Å². The van der Waals surface area contributed by atoms with Gasteiger partial charge in [-0.15, -0.1) is 5.10 Å². The lowest BCUT2D eigenvalue weighted by Crippen LogP contribution is -2.33. The van der Waals surface area contributed by atoms with Crippen LogP contribution >= 0.6 is 23.2 Å². The van der Waals surface area contributed by atoms with Gasteiger partial charge in [-0.2, -0.15) is 9.94 Å². The molecule has 0 amide bonds. The molecule has 0 saturated heterocycles. The summed E-state index contributed by atoms with van der Waals surface area (Å²) >= 11 is 12.4. The molecular weight excluding hydrogens is 423 g/mol. The Balaban J connectivity index is 2.06. The predicted molar refractivity (Wildman–Crippen MR) is 104 cm³/mol. The number of benzene rings is 1. The average Bonchev–Trinajstić information content (AvgIpc) is 2.71. The Kier molecular flexibility index (Phi) is 4.22. The second-order valence-electron chi connectivity index (χ2n) is 5.51. The molecule has 1 atom stereocenters. The third-order valence-corrected chi connectivity index (χ3v) is 4.05. The summed E-state index contributed by atoms with van der Waals surface area (Å²) in [5, 5.41) is 12.3. The molecule has 2 aromatic heterocycles. The Bertz CT molecular complexity index is 1450. The minimum Gasteiger partial charge on any atom is -0.434 e. The number of aromatic nitrogens is 5. The van der Waals surface area contributed by atoms with E-state index in [1.807, 2.05) is 4.98 Å². The highest BCUT2D eigenvalue weighted by Gasteiger charge is 2.16. The first kappa shape index (κ1) is 15.5. The van der Waals surface area contributed by atoms with Crippen molar-refractivity contribution in [2.45, 2.75) is 19.7 Å². The average molecular weight is 439 g/mol. The summed E-state index contributed by atoms with van der Waals surface area (Å²) in [6, 6.07) is 3.93. The molecule has 0 aliphatic rings. The van der Waals surface area contributed by atoms with Gasteiger partial charge in [0.2, 0.25) is 11.6 Å².